The fraction of sp³-hybridized carbons (Fsp3) is 0.345. The van der Waals surface area contributed by atoms with Crippen LogP contribution >= 0.6 is 11.6 Å². The number of aliphatic carboxylic acids is 1. The summed E-state index contributed by atoms with van der Waals surface area (Å²) in [6.45, 7) is 1.41. The van der Waals surface area contributed by atoms with Crippen molar-refractivity contribution < 1.29 is 32.3 Å². The number of alkyl halides is 3. The number of amides is 1. The lowest BCUT2D eigenvalue weighted by molar-refractivity contribution is -0.142. The number of halogens is 5. The van der Waals surface area contributed by atoms with E-state index in [0.29, 0.717) is 5.56 Å². The summed E-state index contributed by atoms with van der Waals surface area (Å²) in [5, 5.41) is 10.0. The van der Waals surface area contributed by atoms with Crippen molar-refractivity contribution in [2.24, 2.45) is 5.92 Å². The smallest absolute Gasteiger partial charge is 0.416 e. The molecule has 210 valence electrons. The van der Waals surface area contributed by atoms with E-state index in [0.717, 1.165) is 48.6 Å². The number of carboxylic acid groups (broad SMARTS) is 1. The molecule has 3 aromatic rings. The Morgan fingerprint density at radius 2 is 1.80 bits per heavy atom. The zero-order valence-corrected chi connectivity index (χ0v) is 22.4. The highest BCUT2D eigenvalue weighted by molar-refractivity contribution is 6.31. The molecule has 0 radical (unpaired) electrons. The van der Waals surface area contributed by atoms with Gasteiger partial charge in [-0.3, -0.25) is 9.59 Å². The van der Waals surface area contributed by atoms with E-state index in [1.54, 1.807) is 6.07 Å². The maximum atomic E-state index is 13.9. The van der Waals surface area contributed by atoms with Gasteiger partial charge in [0.25, 0.3) is 0 Å². The number of aryl methyl sites for hydroxylation is 3. The molecule has 1 unspecified atom stereocenters. The van der Waals surface area contributed by atoms with Crippen LogP contribution in [-0.2, 0) is 28.6 Å². The molecule has 1 amide bonds. The first-order valence-electron chi connectivity index (χ1n) is 12.8. The summed E-state index contributed by atoms with van der Waals surface area (Å²) >= 11 is 5.92. The maximum absolute atomic E-state index is 13.9. The second kappa shape index (κ2) is 10.4. The van der Waals surface area contributed by atoms with Crippen LogP contribution in [-0.4, -0.2) is 35.1 Å². The third-order valence-electron chi connectivity index (χ3n) is 7.71. The Morgan fingerprint density at radius 1 is 1.07 bits per heavy atom. The minimum atomic E-state index is -4.68. The van der Waals surface area contributed by atoms with Crippen LogP contribution in [0.25, 0.3) is 0 Å². The van der Waals surface area contributed by atoms with Gasteiger partial charge in [0.2, 0.25) is 5.91 Å². The Labute approximate surface area is 233 Å². The van der Waals surface area contributed by atoms with Gasteiger partial charge in [-0.05, 0) is 79.6 Å². The normalized spacial score (nSPS) is 20.5. The molecule has 0 saturated carbocycles. The van der Waals surface area contributed by atoms with E-state index < -0.39 is 47.4 Å². The molecule has 1 saturated heterocycles. The highest BCUT2D eigenvalue weighted by Crippen LogP contribution is 2.46. The van der Waals surface area contributed by atoms with Gasteiger partial charge in [0.15, 0.2) is 0 Å². The van der Waals surface area contributed by atoms with Gasteiger partial charge in [-0.15, -0.1) is 0 Å². The Balaban J connectivity index is 1.66. The molecule has 1 aliphatic carbocycles. The number of hydrogen-bond acceptors (Lipinski definition) is 4. The predicted octanol–water partition coefficient (Wildman–Crippen LogP) is 6.37. The van der Waals surface area contributed by atoms with Crippen molar-refractivity contribution >= 4 is 35.0 Å². The van der Waals surface area contributed by atoms with Gasteiger partial charge in [0, 0.05) is 18.4 Å². The summed E-state index contributed by atoms with van der Waals surface area (Å²) in [6.07, 6.45) is -2.20. The number of aromatic nitrogens is 1. The first-order valence-corrected chi connectivity index (χ1v) is 13.1. The molecular weight excluding hydrogens is 550 g/mol. The number of benzene rings is 2. The number of nitrogens with zero attached hydrogens (tertiary/aromatic N) is 3. The van der Waals surface area contributed by atoms with E-state index in [9.17, 15) is 32.3 Å². The third-order valence-corrected chi connectivity index (χ3v) is 8.00. The van der Waals surface area contributed by atoms with Crippen molar-refractivity contribution in [2.45, 2.75) is 50.9 Å². The van der Waals surface area contributed by atoms with E-state index >= 15 is 0 Å². The fourth-order valence-electron chi connectivity index (χ4n) is 5.79. The van der Waals surface area contributed by atoms with Crippen molar-refractivity contribution in [3.63, 3.8) is 0 Å². The monoisotopic (exact) mass is 575 g/mol. The van der Waals surface area contributed by atoms with Gasteiger partial charge in [0.05, 0.1) is 22.5 Å². The van der Waals surface area contributed by atoms with Crippen molar-refractivity contribution in [2.75, 3.05) is 16.8 Å². The first-order chi connectivity index (χ1) is 18.8. The van der Waals surface area contributed by atoms with E-state index in [2.05, 4.69) is 4.98 Å². The molecule has 1 aromatic heterocycles. The molecule has 0 spiro atoms. The molecule has 3 atom stereocenters. The highest BCUT2D eigenvalue weighted by atomic mass is 35.5. The minimum Gasteiger partial charge on any atom is -0.481 e. The Kier molecular flexibility index (Phi) is 7.24. The molecule has 40 heavy (non-hydrogen) atoms. The predicted molar refractivity (Wildman–Crippen MR) is 142 cm³/mol. The molecule has 1 fully saturated rings. The Morgan fingerprint density at radius 3 is 2.48 bits per heavy atom. The quantitative estimate of drug-likeness (QED) is 0.358. The summed E-state index contributed by atoms with van der Waals surface area (Å²) in [7, 11) is 1.42. The number of anilines is 2. The van der Waals surface area contributed by atoms with E-state index in [4.69, 9.17) is 11.6 Å². The van der Waals surface area contributed by atoms with Crippen LogP contribution in [0.3, 0.4) is 0 Å². The van der Waals surface area contributed by atoms with Crippen molar-refractivity contribution in [3.05, 3.63) is 87.3 Å². The molecule has 1 aliphatic heterocycles. The minimum absolute atomic E-state index is 0.0705. The van der Waals surface area contributed by atoms with E-state index in [1.807, 2.05) is 12.1 Å². The summed E-state index contributed by atoms with van der Waals surface area (Å²) in [6, 6.07) is 8.92. The van der Waals surface area contributed by atoms with Crippen molar-refractivity contribution in [1.82, 2.24) is 4.98 Å². The standard InChI is InChI=1S/C29H26ClF4N3O3/c1-15-10-19(29(32,33)34)12-25(35-15)37-24(27(38)36(2)20-8-9-23(31)22(30)13-20)14-21(28(39)40)26(37)18-7-6-16-4-3-5-17(16)11-18/h6-13,21,24,26H,3-5,14H2,1-2H3,(H,39,40)/t21-,24-,26?/m0/s1. The highest BCUT2D eigenvalue weighted by Gasteiger charge is 2.50. The molecule has 2 aromatic carbocycles. The van der Waals surface area contributed by atoms with Gasteiger partial charge in [-0.25, -0.2) is 9.37 Å². The summed E-state index contributed by atoms with van der Waals surface area (Å²) < 4.78 is 55.3. The number of carbonyl (C=O) groups excluding carboxylic acids is 1. The molecule has 5 rings (SSSR count). The zero-order valence-electron chi connectivity index (χ0n) is 21.7. The van der Waals surface area contributed by atoms with Crippen molar-refractivity contribution in [3.8, 4) is 0 Å². The lowest BCUT2D eigenvalue weighted by atomic mass is 9.91. The number of hydrogen-bond donors (Lipinski definition) is 1. The molecular formula is C29H26ClF4N3O3. The maximum Gasteiger partial charge on any atom is 0.416 e. The van der Waals surface area contributed by atoms with Crippen LogP contribution in [0.15, 0.2) is 48.5 Å². The second-order valence-electron chi connectivity index (χ2n) is 10.3. The lowest BCUT2D eigenvalue weighted by Gasteiger charge is -2.34. The van der Waals surface area contributed by atoms with Crippen LogP contribution in [0.1, 0.15) is 46.8 Å². The number of carboxylic acids is 1. The molecule has 1 N–H and O–H groups in total. The van der Waals surface area contributed by atoms with Crippen molar-refractivity contribution in [1.29, 1.82) is 0 Å². The molecule has 0 bridgehead atoms. The van der Waals surface area contributed by atoms with Crippen LogP contribution in [0.4, 0.5) is 29.1 Å². The second-order valence-corrected chi connectivity index (χ2v) is 10.7. The van der Waals surface area contributed by atoms with Crippen LogP contribution in [0.2, 0.25) is 5.02 Å². The van der Waals surface area contributed by atoms with E-state index in [-0.39, 0.29) is 28.6 Å². The van der Waals surface area contributed by atoms with Gasteiger partial charge in [-0.2, -0.15) is 13.2 Å². The number of likely N-dealkylation sites (N-methyl/N-ethyl adjacent to an activating group) is 1. The molecule has 2 aliphatic rings. The van der Waals surface area contributed by atoms with Gasteiger partial charge < -0.3 is 14.9 Å². The molecule has 11 heteroatoms. The fourth-order valence-corrected chi connectivity index (χ4v) is 5.96. The lowest BCUT2D eigenvalue weighted by Crippen LogP contribution is -2.45. The van der Waals surface area contributed by atoms with E-state index in [1.165, 1.54) is 35.9 Å². The average molecular weight is 576 g/mol. The summed E-state index contributed by atoms with van der Waals surface area (Å²) in [4.78, 5) is 33.5. The van der Waals surface area contributed by atoms with Crippen LogP contribution < -0.4 is 9.80 Å². The third kappa shape index (κ3) is 5.12. The van der Waals surface area contributed by atoms with Gasteiger partial charge >= 0.3 is 12.1 Å². The first kappa shape index (κ1) is 27.9. The van der Waals surface area contributed by atoms with Gasteiger partial charge in [0.1, 0.15) is 17.7 Å². The number of rotatable bonds is 5. The number of fused-ring (bicyclic) bond motifs is 1. The number of carbonyl (C=O) groups is 2. The van der Waals surface area contributed by atoms with Crippen LogP contribution in [0, 0.1) is 18.7 Å². The molecule has 2 heterocycles. The average Bonchev–Trinajstić information content (AvgIpc) is 3.53. The van der Waals surface area contributed by atoms with Crippen LogP contribution in [0.5, 0.6) is 0 Å². The topological polar surface area (TPSA) is 73.7 Å². The van der Waals surface area contributed by atoms with Gasteiger partial charge in [-0.1, -0.05) is 29.8 Å². The zero-order chi connectivity index (χ0) is 28.9. The summed E-state index contributed by atoms with van der Waals surface area (Å²) in [5.41, 5.74) is 2.16. The summed E-state index contributed by atoms with van der Waals surface area (Å²) in [5.74, 6) is -3.71. The SMILES string of the molecule is Cc1cc(C(F)(F)F)cc(N2C(c3ccc4c(c3)CCC4)[C@@H](C(=O)O)C[C@H]2C(=O)N(C)c2ccc(F)c(Cl)c2)n1. The Hall–Kier alpha value is -3.66. The largest absolute Gasteiger partial charge is 0.481 e. The molecule has 6 nitrogen and oxygen atoms in total. The Bertz CT molecular complexity index is 1500. The number of pyridine rings is 1.